The fourth-order valence-electron chi connectivity index (χ4n) is 5.45. The van der Waals surface area contributed by atoms with Gasteiger partial charge in [0.05, 0.1) is 0 Å². The number of fused-ring (bicyclic) bond motifs is 1. The zero-order chi connectivity index (χ0) is 19.7. The smallest absolute Gasteiger partial charge is 0.159 e. The van der Waals surface area contributed by atoms with Crippen molar-refractivity contribution in [1.29, 1.82) is 0 Å². The summed E-state index contributed by atoms with van der Waals surface area (Å²) < 4.78 is 41.6. The average Bonchev–Trinajstić information content (AvgIpc) is 2.70. The lowest BCUT2D eigenvalue weighted by atomic mass is 9.69. The molecule has 0 bridgehead atoms. The van der Waals surface area contributed by atoms with Crippen molar-refractivity contribution in [3.63, 3.8) is 0 Å². The second kappa shape index (κ2) is 8.31. The van der Waals surface area contributed by atoms with E-state index >= 15 is 0 Å². The molecule has 150 valence electrons. The summed E-state index contributed by atoms with van der Waals surface area (Å²) in [7, 11) is 0. The zero-order valence-electron chi connectivity index (χ0n) is 16.6. The van der Waals surface area contributed by atoms with Gasteiger partial charge in [-0.05, 0) is 90.8 Å². The Bertz CT molecular complexity index is 834. The highest BCUT2D eigenvalue weighted by atomic mass is 19.2. The first-order chi connectivity index (χ1) is 13.5. The minimum atomic E-state index is -0.937. The number of rotatable bonds is 4. The summed E-state index contributed by atoms with van der Waals surface area (Å²) >= 11 is 0. The van der Waals surface area contributed by atoms with E-state index in [0.29, 0.717) is 17.0 Å². The summed E-state index contributed by atoms with van der Waals surface area (Å²) in [5.74, 6) is 0.163. The van der Waals surface area contributed by atoms with Crippen LogP contribution in [0.15, 0.2) is 30.3 Å². The van der Waals surface area contributed by atoms with Gasteiger partial charge in [0.25, 0.3) is 0 Å². The summed E-state index contributed by atoms with van der Waals surface area (Å²) in [6.07, 6.45) is 11.0. The van der Waals surface area contributed by atoms with Gasteiger partial charge in [-0.15, -0.1) is 0 Å². The Balaban J connectivity index is 1.49. The van der Waals surface area contributed by atoms with Crippen LogP contribution in [-0.4, -0.2) is 0 Å². The number of hydrogen-bond acceptors (Lipinski definition) is 0. The molecular formula is C25H29F3. The lowest BCUT2D eigenvalue weighted by Gasteiger charge is -2.36. The average molecular weight is 387 g/mol. The fraction of sp³-hybridized carbons (Fsp3) is 0.520. The van der Waals surface area contributed by atoms with Crippen LogP contribution < -0.4 is 0 Å². The molecule has 2 aromatic carbocycles. The molecule has 1 atom stereocenters. The molecule has 1 unspecified atom stereocenters. The molecule has 2 aliphatic rings. The first-order valence-corrected chi connectivity index (χ1v) is 10.8. The van der Waals surface area contributed by atoms with E-state index in [9.17, 15) is 13.2 Å². The Morgan fingerprint density at radius 2 is 1.57 bits per heavy atom. The van der Waals surface area contributed by atoms with Crippen molar-refractivity contribution in [3.05, 3.63) is 58.9 Å². The van der Waals surface area contributed by atoms with Gasteiger partial charge >= 0.3 is 0 Å². The minimum absolute atomic E-state index is 0.336. The van der Waals surface area contributed by atoms with Crippen LogP contribution in [0.3, 0.4) is 0 Å². The first kappa shape index (κ1) is 19.5. The number of hydrogen-bond donors (Lipinski definition) is 0. The maximum Gasteiger partial charge on any atom is 0.159 e. The molecule has 0 aromatic heterocycles. The molecule has 1 fully saturated rings. The van der Waals surface area contributed by atoms with Gasteiger partial charge in [-0.25, -0.2) is 13.2 Å². The molecule has 4 rings (SSSR count). The number of benzene rings is 2. The molecule has 0 aliphatic heterocycles. The maximum absolute atomic E-state index is 14.8. The second-order valence-corrected chi connectivity index (χ2v) is 8.80. The van der Waals surface area contributed by atoms with Crippen LogP contribution in [0.1, 0.15) is 63.0 Å². The molecular weight excluding hydrogens is 357 g/mol. The van der Waals surface area contributed by atoms with Gasteiger partial charge in [0.15, 0.2) is 11.6 Å². The van der Waals surface area contributed by atoms with Crippen molar-refractivity contribution < 1.29 is 13.2 Å². The standard InChI is InChI=1S/C25H29F3/c1-2-3-16-4-6-17(7-5-16)18-8-9-19-13-22(24(27)15-21(19)12-18)20-10-11-23(26)25(28)14-20/h10-11,13-18H,2-9,12H2,1H3. The highest BCUT2D eigenvalue weighted by molar-refractivity contribution is 5.66. The normalized spacial score (nSPS) is 24.8. The molecule has 2 aliphatic carbocycles. The van der Waals surface area contributed by atoms with Gasteiger partial charge in [-0.1, -0.05) is 38.7 Å². The summed E-state index contributed by atoms with van der Waals surface area (Å²) in [4.78, 5) is 0. The Kier molecular flexibility index (Phi) is 5.80. The van der Waals surface area contributed by atoms with E-state index in [4.69, 9.17) is 0 Å². The molecule has 0 radical (unpaired) electrons. The third kappa shape index (κ3) is 3.99. The van der Waals surface area contributed by atoms with Gasteiger partial charge in [-0.2, -0.15) is 0 Å². The monoisotopic (exact) mass is 386 g/mol. The third-order valence-corrected chi connectivity index (χ3v) is 7.04. The van der Waals surface area contributed by atoms with Gasteiger partial charge in [0, 0.05) is 5.56 Å². The molecule has 1 saturated carbocycles. The topological polar surface area (TPSA) is 0 Å². The summed E-state index contributed by atoms with van der Waals surface area (Å²) in [5.41, 5.74) is 3.04. The molecule has 0 nitrogen and oxygen atoms in total. The van der Waals surface area contributed by atoms with Crippen LogP contribution >= 0.6 is 0 Å². The van der Waals surface area contributed by atoms with Gasteiger partial charge in [0.1, 0.15) is 5.82 Å². The second-order valence-electron chi connectivity index (χ2n) is 8.80. The van der Waals surface area contributed by atoms with E-state index in [-0.39, 0.29) is 5.82 Å². The van der Waals surface area contributed by atoms with Gasteiger partial charge in [0.2, 0.25) is 0 Å². The molecule has 0 heterocycles. The largest absolute Gasteiger partial charge is 0.206 e. The first-order valence-electron chi connectivity index (χ1n) is 10.8. The van der Waals surface area contributed by atoms with E-state index in [2.05, 4.69) is 6.92 Å². The molecule has 2 aromatic rings. The molecule has 28 heavy (non-hydrogen) atoms. The van der Waals surface area contributed by atoms with E-state index in [1.165, 1.54) is 44.6 Å². The van der Waals surface area contributed by atoms with E-state index in [1.807, 2.05) is 6.07 Å². The Labute approximate surface area is 166 Å². The maximum atomic E-state index is 14.8. The van der Waals surface area contributed by atoms with E-state index < -0.39 is 11.6 Å². The fourth-order valence-corrected chi connectivity index (χ4v) is 5.45. The predicted molar refractivity (Wildman–Crippen MR) is 108 cm³/mol. The zero-order valence-corrected chi connectivity index (χ0v) is 16.6. The van der Waals surface area contributed by atoms with Crippen molar-refractivity contribution >= 4 is 0 Å². The quantitative estimate of drug-likeness (QED) is 0.511. The van der Waals surface area contributed by atoms with Crippen LogP contribution in [0.25, 0.3) is 11.1 Å². The lowest BCUT2D eigenvalue weighted by molar-refractivity contribution is 0.184. The van der Waals surface area contributed by atoms with Crippen LogP contribution in [0.4, 0.5) is 13.2 Å². The van der Waals surface area contributed by atoms with Crippen molar-refractivity contribution in [3.8, 4) is 11.1 Å². The Hall–Kier alpha value is -1.77. The van der Waals surface area contributed by atoms with Crippen LogP contribution in [0.2, 0.25) is 0 Å². The highest BCUT2D eigenvalue weighted by Crippen LogP contribution is 2.41. The Morgan fingerprint density at radius 1 is 0.786 bits per heavy atom. The molecule has 0 N–H and O–H groups in total. The third-order valence-electron chi connectivity index (χ3n) is 7.04. The summed E-state index contributed by atoms with van der Waals surface area (Å²) in [6.45, 7) is 2.27. The molecule has 0 spiro atoms. The predicted octanol–water partition coefficient (Wildman–Crippen LogP) is 7.48. The van der Waals surface area contributed by atoms with E-state index in [1.54, 1.807) is 6.07 Å². The molecule has 0 amide bonds. The van der Waals surface area contributed by atoms with Crippen LogP contribution in [0.5, 0.6) is 0 Å². The van der Waals surface area contributed by atoms with Crippen molar-refractivity contribution in [2.24, 2.45) is 17.8 Å². The van der Waals surface area contributed by atoms with Crippen molar-refractivity contribution in [2.75, 3.05) is 0 Å². The van der Waals surface area contributed by atoms with Gasteiger partial charge < -0.3 is 0 Å². The van der Waals surface area contributed by atoms with Crippen molar-refractivity contribution in [1.82, 2.24) is 0 Å². The summed E-state index contributed by atoms with van der Waals surface area (Å²) in [6, 6.07) is 7.09. The van der Waals surface area contributed by atoms with Crippen molar-refractivity contribution in [2.45, 2.75) is 64.7 Å². The van der Waals surface area contributed by atoms with Crippen LogP contribution in [-0.2, 0) is 12.8 Å². The number of halogens is 3. The van der Waals surface area contributed by atoms with Gasteiger partial charge in [-0.3, -0.25) is 0 Å². The molecule has 3 heteroatoms. The molecule has 0 saturated heterocycles. The van der Waals surface area contributed by atoms with E-state index in [0.717, 1.165) is 54.4 Å². The number of aryl methyl sites for hydroxylation is 1. The highest BCUT2D eigenvalue weighted by Gasteiger charge is 2.30. The summed E-state index contributed by atoms with van der Waals surface area (Å²) in [5, 5.41) is 0. The minimum Gasteiger partial charge on any atom is -0.206 e. The Morgan fingerprint density at radius 3 is 2.29 bits per heavy atom. The SMILES string of the molecule is CCCC1CCC(C2CCc3cc(-c4ccc(F)c(F)c4)c(F)cc3C2)CC1. The van der Waals surface area contributed by atoms with Crippen LogP contribution in [0, 0.1) is 35.2 Å². The lowest BCUT2D eigenvalue weighted by Crippen LogP contribution is -2.26.